The summed E-state index contributed by atoms with van der Waals surface area (Å²) < 4.78 is 0. The molecule has 4 heteroatoms. The predicted octanol–water partition coefficient (Wildman–Crippen LogP) is 1.60. The summed E-state index contributed by atoms with van der Waals surface area (Å²) in [5.74, 6) is 3.31. The average molecular weight is 293 g/mol. The molecule has 0 spiro atoms. The van der Waals surface area contributed by atoms with Crippen molar-refractivity contribution < 1.29 is 4.79 Å². The first-order valence-corrected chi connectivity index (χ1v) is 8.80. The van der Waals surface area contributed by atoms with E-state index in [1.165, 1.54) is 25.7 Å². The summed E-state index contributed by atoms with van der Waals surface area (Å²) in [6.07, 6.45) is 6.69. The van der Waals surface area contributed by atoms with Crippen LogP contribution >= 0.6 is 0 Å². The van der Waals surface area contributed by atoms with Crippen LogP contribution in [-0.2, 0) is 4.79 Å². The van der Waals surface area contributed by atoms with E-state index in [9.17, 15) is 4.79 Å². The molecule has 21 heavy (non-hydrogen) atoms. The van der Waals surface area contributed by atoms with E-state index < -0.39 is 0 Å². The van der Waals surface area contributed by atoms with Crippen molar-refractivity contribution in [2.75, 3.05) is 19.6 Å². The molecule has 6 unspecified atom stereocenters. The third-order valence-electron chi connectivity index (χ3n) is 6.24. The molecule has 1 aliphatic heterocycles. The zero-order chi connectivity index (χ0) is 15.0. The van der Waals surface area contributed by atoms with Gasteiger partial charge in [-0.25, -0.2) is 0 Å². The number of nitrogens with two attached hydrogens (primary N) is 1. The summed E-state index contributed by atoms with van der Waals surface area (Å²) in [6.45, 7) is 6.83. The number of rotatable bonds is 5. The lowest BCUT2D eigenvalue weighted by Gasteiger charge is -2.29. The van der Waals surface area contributed by atoms with Gasteiger partial charge in [0, 0.05) is 18.6 Å². The van der Waals surface area contributed by atoms with Gasteiger partial charge in [-0.3, -0.25) is 9.69 Å². The van der Waals surface area contributed by atoms with Gasteiger partial charge in [-0.15, -0.1) is 0 Å². The van der Waals surface area contributed by atoms with Gasteiger partial charge in [0.05, 0.1) is 6.54 Å². The molecular formula is C17H31N3O. The molecule has 4 nitrogen and oxygen atoms in total. The van der Waals surface area contributed by atoms with E-state index in [0.29, 0.717) is 18.5 Å². The minimum Gasteiger partial charge on any atom is -0.352 e. The standard InChI is InChI=1S/C17H31N3O/c1-11(18)15-5-6-20(9-15)10-17(21)19-12(2)16-8-13-3-4-14(16)7-13/h11-16H,3-10,18H2,1-2H3,(H,19,21). The van der Waals surface area contributed by atoms with E-state index in [1.807, 2.05) is 0 Å². The molecule has 1 saturated heterocycles. The third-order valence-corrected chi connectivity index (χ3v) is 6.24. The Labute approximate surface area is 128 Å². The summed E-state index contributed by atoms with van der Waals surface area (Å²) >= 11 is 0. The molecule has 2 saturated carbocycles. The SMILES string of the molecule is CC(N)C1CCN(CC(=O)NC(C)C2CC3CCC2C3)C1. The number of fused-ring (bicyclic) bond motifs is 2. The number of hydrogen-bond acceptors (Lipinski definition) is 3. The topological polar surface area (TPSA) is 58.4 Å². The molecule has 3 fully saturated rings. The van der Waals surface area contributed by atoms with Crippen molar-refractivity contribution in [3.8, 4) is 0 Å². The molecule has 120 valence electrons. The highest BCUT2D eigenvalue weighted by molar-refractivity contribution is 5.78. The van der Waals surface area contributed by atoms with Crippen LogP contribution in [0.5, 0.6) is 0 Å². The number of carbonyl (C=O) groups excluding carboxylic acids is 1. The molecule has 3 rings (SSSR count). The number of carbonyl (C=O) groups is 1. The highest BCUT2D eigenvalue weighted by Crippen LogP contribution is 2.49. The van der Waals surface area contributed by atoms with E-state index in [-0.39, 0.29) is 11.9 Å². The van der Waals surface area contributed by atoms with E-state index >= 15 is 0 Å². The maximum Gasteiger partial charge on any atom is 0.234 e. The average Bonchev–Trinajstić information content (AvgIpc) is 3.13. The number of nitrogens with zero attached hydrogens (tertiary/aromatic N) is 1. The normalized spacial score (nSPS) is 38.6. The van der Waals surface area contributed by atoms with Gasteiger partial charge in [0.25, 0.3) is 0 Å². The van der Waals surface area contributed by atoms with Gasteiger partial charge in [0.2, 0.25) is 5.91 Å². The number of amides is 1. The summed E-state index contributed by atoms with van der Waals surface area (Å²) in [7, 11) is 0. The van der Waals surface area contributed by atoms with Gasteiger partial charge in [-0.2, -0.15) is 0 Å². The van der Waals surface area contributed by atoms with Gasteiger partial charge in [0.1, 0.15) is 0 Å². The van der Waals surface area contributed by atoms with Crippen LogP contribution in [0.15, 0.2) is 0 Å². The van der Waals surface area contributed by atoms with Crippen LogP contribution in [0.3, 0.4) is 0 Å². The molecule has 2 aliphatic carbocycles. The Balaban J connectivity index is 1.42. The van der Waals surface area contributed by atoms with Crippen molar-refractivity contribution in [3.05, 3.63) is 0 Å². The van der Waals surface area contributed by atoms with Crippen LogP contribution < -0.4 is 11.1 Å². The molecule has 6 atom stereocenters. The fraction of sp³-hybridized carbons (Fsp3) is 0.941. The molecule has 0 aromatic carbocycles. The van der Waals surface area contributed by atoms with Crippen molar-refractivity contribution in [3.63, 3.8) is 0 Å². The molecule has 3 aliphatic rings. The van der Waals surface area contributed by atoms with E-state index in [4.69, 9.17) is 5.73 Å². The zero-order valence-electron chi connectivity index (χ0n) is 13.6. The monoisotopic (exact) mass is 293 g/mol. The Bertz CT molecular complexity index is 384. The predicted molar refractivity (Wildman–Crippen MR) is 84.7 cm³/mol. The minimum absolute atomic E-state index is 0.204. The first-order valence-electron chi connectivity index (χ1n) is 8.80. The first-order chi connectivity index (χ1) is 10.0. The highest BCUT2D eigenvalue weighted by atomic mass is 16.2. The van der Waals surface area contributed by atoms with Crippen molar-refractivity contribution in [1.82, 2.24) is 10.2 Å². The second-order valence-electron chi connectivity index (χ2n) is 7.84. The van der Waals surface area contributed by atoms with Gasteiger partial charge in [-0.1, -0.05) is 6.42 Å². The van der Waals surface area contributed by atoms with Gasteiger partial charge < -0.3 is 11.1 Å². The van der Waals surface area contributed by atoms with E-state index in [1.54, 1.807) is 0 Å². The Morgan fingerprint density at radius 1 is 1.29 bits per heavy atom. The van der Waals surface area contributed by atoms with Crippen LogP contribution in [0.1, 0.15) is 46.0 Å². The largest absolute Gasteiger partial charge is 0.352 e. The van der Waals surface area contributed by atoms with Crippen molar-refractivity contribution in [2.24, 2.45) is 29.4 Å². The lowest BCUT2D eigenvalue weighted by molar-refractivity contribution is -0.123. The van der Waals surface area contributed by atoms with Crippen LogP contribution in [0.2, 0.25) is 0 Å². The molecule has 0 aromatic rings. The smallest absolute Gasteiger partial charge is 0.234 e. The van der Waals surface area contributed by atoms with Crippen molar-refractivity contribution >= 4 is 5.91 Å². The number of likely N-dealkylation sites (tertiary alicyclic amines) is 1. The molecule has 0 radical (unpaired) electrons. The lowest BCUT2D eigenvalue weighted by Crippen LogP contribution is -2.44. The maximum atomic E-state index is 12.3. The minimum atomic E-state index is 0.204. The van der Waals surface area contributed by atoms with Crippen LogP contribution in [0, 0.1) is 23.7 Å². The van der Waals surface area contributed by atoms with Crippen molar-refractivity contribution in [1.29, 1.82) is 0 Å². The van der Waals surface area contributed by atoms with E-state index in [0.717, 1.165) is 37.3 Å². The Morgan fingerprint density at radius 2 is 2.10 bits per heavy atom. The molecule has 3 N–H and O–H groups in total. The first kappa shape index (κ1) is 15.3. The van der Waals surface area contributed by atoms with Crippen LogP contribution in [-0.4, -0.2) is 42.5 Å². The Hall–Kier alpha value is -0.610. The van der Waals surface area contributed by atoms with Crippen LogP contribution in [0.4, 0.5) is 0 Å². The lowest BCUT2D eigenvalue weighted by atomic mass is 9.84. The van der Waals surface area contributed by atoms with Gasteiger partial charge >= 0.3 is 0 Å². The summed E-state index contributed by atoms with van der Waals surface area (Å²) in [5, 5.41) is 3.27. The Morgan fingerprint density at radius 3 is 2.67 bits per heavy atom. The zero-order valence-corrected chi connectivity index (χ0v) is 13.6. The van der Waals surface area contributed by atoms with E-state index in [2.05, 4.69) is 24.1 Å². The van der Waals surface area contributed by atoms with Gasteiger partial charge in [-0.05, 0) is 69.7 Å². The molecule has 2 bridgehead atoms. The number of hydrogen-bond donors (Lipinski definition) is 2. The number of nitrogens with one attached hydrogen (secondary N) is 1. The summed E-state index contributed by atoms with van der Waals surface area (Å²) in [5.41, 5.74) is 5.96. The Kier molecular flexibility index (Phi) is 4.55. The summed E-state index contributed by atoms with van der Waals surface area (Å²) in [4.78, 5) is 14.5. The summed E-state index contributed by atoms with van der Waals surface area (Å²) in [6, 6.07) is 0.589. The molecule has 1 heterocycles. The second kappa shape index (κ2) is 6.25. The molecular weight excluding hydrogens is 262 g/mol. The fourth-order valence-electron chi connectivity index (χ4n) is 4.95. The van der Waals surface area contributed by atoms with Gasteiger partial charge in [0.15, 0.2) is 0 Å². The quantitative estimate of drug-likeness (QED) is 0.809. The maximum absolute atomic E-state index is 12.3. The molecule has 1 amide bonds. The fourth-order valence-corrected chi connectivity index (χ4v) is 4.95. The third kappa shape index (κ3) is 3.42. The van der Waals surface area contributed by atoms with Crippen molar-refractivity contribution in [2.45, 2.75) is 58.0 Å². The molecule has 0 aromatic heterocycles. The second-order valence-corrected chi connectivity index (χ2v) is 7.84. The highest BCUT2D eigenvalue weighted by Gasteiger charge is 2.42. The van der Waals surface area contributed by atoms with Crippen LogP contribution in [0.25, 0.3) is 0 Å².